The summed E-state index contributed by atoms with van der Waals surface area (Å²) in [4.78, 5) is 12.7. The lowest BCUT2D eigenvalue weighted by Gasteiger charge is -2.21. The normalized spacial score (nSPS) is 12.9. The van der Waals surface area contributed by atoms with Gasteiger partial charge in [-0.1, -0.05) is 17.7 Å². The Morgan fingerprint density at radius 1 is 1.33 bits per heavy atom. The first-order chi connectivity index (χ1) is 10.2. The summed E-state index contributed by atoms with van der Waals surface area (Å²) in [5, 5.41) is 3.69. The lowest BCUT2D eigenvalue weighted by molar-refractivity contribution is 0.103. The number of ketones is 1. The molecule has 2 aromatic rings. The number of halogens is 1. The average molecular weight is 304 g/mol. The number of methoxy groups -OCH3 is 1. The molecular weight excluding hydrogens is 290 g/mol. The summed E-state index contributed by atoms with van der Waals surface area (Å²) in [7, 11) is 1.52. The van der Waals surface area contributed by atoms with Crippen LogP contribution in [0, 0.1) is 0 Å². The second kappa shape index (κ2) is 5.66. The minimum atomic E-state index is -0.120. The number of ether oxygens (including phenoxy) is 2. The quantitative estimate of drug-likeness (QED) is 0.883. The van der Waals surface area contributed by atoms with Crippen molar-refractivity contribution >= 4 is 23.1 Å². The Kier molecular flexibility index (Phi) is 3.71. The first-order valence-corrected chi connectivity index (χ1v) is 6.96. The molecule has 0 unspecified atom stereocenters. The lowest BCUT2D eigenvalue weighted by atomic mass is 10.0. The number of para-hydroxylation sites is 1. The van der Waals surface area contributed by atoms with Gasteiger partial charge in [0.25, 0.3) is 0 Å². The highest BCUT2D eigenvalue weighted by Crippen LogP contribution is 2.34. The molecule has 1 aliphatic heterocycles. The minimum Gasteiger partial charge on any atom is -0.495 e. The van der Waals surface area contributed by atoms with E-state index in [1.54, 1.807) is 24.3 Å². The van der Waals surface area contributed by atoms with Gasteiger partial charge in [-0.2, -0.15) is 0 Å². The van der Waals surface area contributed by atoms with Crippen LogP contribution in [0.3, 0.4) is 0 Å². The van der Waals surface area contributed by atoms with E-state index in [2.05, 4.69) is 5.32 Å². The second-order valence-electron chi connectivity index (χ2n) is 4.64. The Bertz CT molecular complexity index is 700. The van der Waals surface area contributed by atoms with Crippen LogP contribution in [0.25, 0.3) is 0 Å². The molecule has 0 saturated carbocycles. The van der Waals surface area contributed by atoms with Gasteiger partial charge in [-0.05, 0) is 30.3 Å². The maximum Gasteiger partial charge on any atom is 0.196 e. The number of hydrogen-bond acceptors (Lipinski definition) is 4. The predicted molar refractivity (Wildman–Crippen MR) is 81.9 cm³/mol. The van der Waals surface area contributed by atoms with Crippen molar-refractivity contribution in [2.45, 2.75) is 0 Å². The fraction of sp³-hybridized carbons (Fsp3) is 0.188. The Hall–Kier alpha value is -2.20. The van der Waals surface area contributed by atoms with Crippen LogP contribution < -0.4 is 14.8 Å². The second-order valence-corrected chi connectivity index (χ2v) is 5.04. The van der Waals surface area contributed by atoms with Gasteiger partial charge in [0.05, 0.1) is 23.4 Å². The van der Waals surface area contributed by atoms with E-state index in [1.165, 1.54) is 7.11 Å². The lowest BCUT2D eigenvalue weighted by Crippen LogP contribution is -2.20. The molecule has 0 atom stereocenters. The number of carbonyl (C=O) groups excluding carboxylic acids is 1. The minimum absolute atomic E-state index is 0.120. The topological polar surface area (TPSA) is 47.6 Å². The summed E-state index contributed by atoms with van der Waals surface area (Å²) in [5.41, 5.74) is 1.89. The third kappa shape index (κ3) is 2.54. The van der Waals surface area contributed by atoms with E-state index in [9.17, 15) is 4.79 Å². The molecule has 0 spiro atoms. The Morgan fingerprint density at radius 3 is 3.00 bits per heavy atom. The Balaban J connectivity index is 2.03. The van der Waals surface area contributed by atoms with Gasteiger partial charge < -0.3 is 14.8 Å². The maximum atomic E-state index is 12.7. The van der Waals surface area contributed by atoms with E-state index >= 15 is 0 Å². The predicted octanol–water partition coefficient (Wildman–Crippen LogP) is 3.38. The summed E-state index contributed by atoms with van der Waals surface area (Å²) >= 11 is 5.99. The molecule has 2 aromatic carbocycles. The van der Waals surface area contributed by atoms with Crippen LogP contribution in [-0.4, -0.2) is 26.0 Å². The van der Waals surface area contributed by atoms with Crippen LogP contribution in [0.15, 0.2) is 36.4 Å². The monoisotopic (exact) mass is 303 g/mol. The molecule has 1 aliphatic rings. The van der Waals surface area contributed by atoms with Crippen molar-refractivity contribution in [3.63, 3.8) is 0 Å². The highest BCUT2D eigenvalue weighted by molar-refractivity contribution is 6.32. The Labute approximate surface area is 127 Å². The molecule has 0 amide bonds. The zero-order valence-corrected chi connectivity index (χ0v) is 12.2. The van der Waals surface area contributed by atoms with Gasteiger partial charge >= 0.3 is 0 Å². The van der Waals surface area contributed by atoms with Gasteiger partial charge in [0.2, 0.25) is 0 Å². The van der Waals surface area contributed by atoms with E-state index in [-0.39, 0.29) is 5.78 Å². The number of anilines is 1. The van der Waals surface area contributed by atoms with Gasteiger partial charge in [0.1, 0.15) is 12.4 Å². The first kappa shape index (κ1) is 13.8. The van der Waals surface area contributed by atoms with Crippen LogP contribution in [0.1, 0.15) is 15.9 Å². The number of nitrogens with one attached hydrogen (secondary N) is 1. The van der Waals surface area contributed by atoms with E-state index in [4.69, 9.17) is 21.1 Å². The van der Waals surface area contributed by atoms with E-state index in [0.29, 0.717) is 34.3 Å². The van der Waals surface area contributed by atoms with Crippen LogP contribution in [0.4, 0.5) is 5.69 Å². The molecule has 0 fully saturated rings. The van der Waals surface area contributed by atoms with E-state index in [0.717, 1.165) is 12.2 Å². The molecule has 5 heteroatoms. The van der Waals surface area contributed by atoms with Crippen molar-refractivity contribution < 1.29 is 14.3 Å². The average Bonchev–Trinajstić information content (AvgIpc) is 2.54. The molecule has 0 aliphatic carbocycles. The summed E-state index contributed by atoms with van der Waals surface area (Å²) in [6.45, 7) is 1.28. The highest BCUT2D eigenvalue weighted by Gasteiger charge is 2.20. The molecule has 21 heavy (non-hydrogen) atoms. The maximum absolute atomic E-state index is 12.7. The van der Waals surface area contributed by atoms with Crippen molar-refractivity contribution in [2.75, 3.05) is 25.6 Å². The summed E-state index contributed by atoms with van der Waals surface area (Å²) in [6.07, 6.45) is 0. The van der Waals surface area contributed by atoms with E-state index in [1.807, 2.05) is 12.1 Å². The number of rotatable bonds is 3. The zero-order chi connectivity index (χ0) is 14.8. The molecule has 0 bridgehead atoms. The fourth-order valence-corrected chi connectivity index (χ4v) is 2.50. The molecule has 0 saturated heterocycles. The summed E-state index contributed by atoms with van der Waals surface area (Å²) < 4.78 is 10.8. The van der Waals surface area contributed by atoms with Crippen LogP contribution in [-0.2, 0) is 0 Å². The van der Waals surface area contributed by atoms with Crippen molar-refractivity contribution in [1.29, 1.82) is 0 Å². The third-order valence-corrected chi connectivity index (χ3v) is 3.65. The molecule has 4 nitrogen and oxygen atoms in total. The molecule has 3 rings (SSSR count). The summed E-state index contributed by atoms with van der Waals surface area (Å²) in [5.74, 6) is 0.958. The van der Waals surface area contributed by atoms with Crippen LogP contribution in [0.5, 0.6) is 11.5 Å². The molecule has 0 radical (unpaired) electrons. The molecule has 0 aromatic heterocycles. The van der Waals surface area contributed by atoms with Gasteiger partial charge in [-0.25, -0.2) is 0 Å². The largest absolute Gasteiger partial charge is 0.495 e. The van der Waals surface area contributed by atoms with Gasteiger partial charge in [-0.15, -0.1) is 0 Å². The Morgan fingerprint density at radius 2 is 2.19 bits per heavy atom. The molecular formula is C16H14ClNO3. The number of fused-ring (bicyclic) bond motifs is 1. The molecule has 1 N–H and O–H groups in total. The van der Waals surface area contributed by atoms with E-state index < -0.39 is 0 Å². The standard InChI is InChI=1S/C16H14ClNO3/c1-20-14-9-10(5-6-12(14)17)15(19)11-3-2-4-13-16(11)21-8-7-18-13/h2-6,9,18H,7-8H2,1H3. The third-order valence-electron chi connectivity index (χ3n) is 3.34. The molecule has 108 valence electrons. The zero-order valence-electron chi connectivity index (χ0n) is 11.5. The van der Waals surface area contributed by atoms with Gasteiger partial charge in [-0.3, -0.25) is 4.79 Å². The van der Waals surface area contributed by atoms with Crippen molar-refractivity contribution in [1.82, 2.24) is 0 Å². The van der Waals surface area contributed by atoms with Crippen LogP contribution in [0.2, 0.25) is 5.02 Å². The highest BCUT2D eigenvalue weighted by atomic mass is 35.5. The number of benzene rings is 2. The first-order valence-electron chi connectivity index (χ1n) is 6.58. The van der Waals surface area contributed by atoms with Crippen molar-refractivity contribution in [3.05, 3.63) is 52.5 Å². The smallest absolute Gasteiger partial charge is 0.196 e. The van der Waals surface area contributed by atoms with Crippen molar-refractivity contribution in [2.24, 2.45) is 0 Å². The van der Waals surface area contributed by atoms with Crippen LogP contribution >= 0.6 is 11.6 Å². The molecule has 1 heterocycles. The number of carbonyl (C=O) groups is 1. The summed E-state index contributed by atoms with van der Waals surface area (Å²) in [6, 6.07) is 10.5. The van der Waals surface area contributed by atoms with Gasteiger partial charge in [0, 0.05) is 12.1 Å². The van der Waals surface area contributed by atoms with Gasteiger partial charge in [0.15, 0.2) is 11.5 Å². The van der Waals surface area contributed by atoms with Crippen molar-refractivity contribution in [3.8, 4) is 11.5 Å². The fourth-order valence-electron chi connectivity index (χ4n) is 2.31. The number of hydrogen-bond donors (Lipinski definition) is 1. The SMILES string of the molecule is COc1cc(C(=O)c2cccc3c2OCCN3)ccc1Cl.